The Morgan fingerprint density at radius 1 is 1.06 bits per heavy atom. The predicted molar refractivity (Wildman–Crippen MR) is 136 cm³/mol. The predicted octanol–water partition coefficient (Wildman–Crippen LogP) is 4.38. The quantitative estimate of drug-likeness (QED) is 0.194. The Labute approximate surface area is 208 Å². The fourth-order valence-corrected chi connectivity index (χ4v) is 5.58. The molecule has 4 aromatic rings. The van der Waals surface area contributed by atoms with Gasteiger partial charge in [0.15, 0.2) is 9.50 Å². The zero-order chi connectivity index (χ0) is 23.9. The number of carbonyl (C=O) groups is 1. The van der Waals surface area contributed by atoms with Crippen LogP contribution in [0.3, 0.4) is 0 Å². The van der Waals surface area contributed by atoms with E-state index in [1.807, 2.05) is 48.5 Å². The van der Waals surface area contributed by atoms with Crippen LogP contribution in [0.15, 0.2) is 75.0 Å². The molecule has 0 unspecified atom stereocenters. The highest BCUT2D eigenvalue weighted by molar-refractivity contribution is 8.00. The Bertz CT molecular complexity index is 1330. The number of nitrogens with one attached hydrogen (secondary N) is 1. The molecule has 0 aliphatic rings. The topological polar surface area (TPSA) is 110 Å². The molecular weight excluding hydrogens is 490 g/mol. The Balaban J connectivity index is 1.42. The first-order valence-electron chi connectivity index (χ1n) is 10.4. The summed E-state index contributed by atoms with van der Waals surface area (Å²) < 4.78 is 2.17. The smallest absolute Gasteiger partial charge is 0.265 e. The number of anilines is 1. The fraction of sp³-hybridized carbons (Fsp3) is 0.174. The third kappa shape index (κ3) is 5.85. The summed E-state index contributed by atoms with van der Waals surface area (Å²) in [4.78, 5) is 29.7. The van der Waals surface area contributed by atoms with Crippen molar-refractivity contribution >= 4 is 45.9 Å². The van der Waals surface area contributed by atoms with E-state index in [4.69, 9.17) is 0 Å². The number of benzene rings is 2. The summed E-state index contributed by atoms with van der Waals surface area (Å²) in [5.74, 6) is 0.121. The average molecular weight is 512 g/mol. The minimum Gasteiger partial charge on any atom is -0.493 e. The lowest BCUT2D eigenvalue weighted by atomic mass is 10.2. The highest BCUT2D eigenvalue weighted by atomic mass is 32.2. The van der Waals surface area contributed by atoms with Crippen LogP contribution < -0.4 is 10.9 Å². The molecule has 2 N–H and O–H groups in total. The molecule has 174 valence electrons. The van der Waals surface area contributed by atoms with Gasteiger partial charge in [-0.15, -0.1) is 10.2 Å². The summed E-state index contributed by atoms with van der Waals surface area (Å²) in [5, 5.41) is 21.7. The Hall–Kier alpha value is -3.15. The van der Waals surface area contributed by atoms with E-state index < -0.39 is 0 Å². The van der Waals surface area contributed by atoms with Gasteiger partial charge in [0.2, 0.25) is 16.9 Å². The van der Waals surface area contributed by atoms with E-state index in [9.17, 15) is 14.7 Å². The molecule has 1 amide bonds. The molecule has 8 nitrogen and oxygen atoms in total. The Kier molecular flexibility index (Phi) is 7.99. The first-order valence-corrected chi connectivity index (χ1v) is 13.2. The van der Waals surface area contributed by atoms with Gasteiger partial charge in [0.05, 0.1) is 17.0 Å². The fourth-order valence-electron chi connectivity index (χ4n) is 3.06. The summed E-state index contributed by atoms with van der Waals surface area (Å²) in [6.07, 6.45) is 0.345. The summed E-state index contributed by atoms with van der Waals surface area (Å²) in [7, 11) is 0. The molecule has 0 aliphatic heterocycles. The van der Waals surface area contributed by atoms with E-state index >= 15 is 0 Å². The molecule has 2 aromatic heterocycles. The molecule has 4 rings (SSSR count). The van der Waals surface area contributed by atoms with Crippen molar-refractivity contribution in [1.29, 1.82) is 0 Å². The first kappa shape index (κ1) is 24.0. The zero-order valence-electron chi connectivity index (χ0n) is 18.2. The van der Waals surface area contributed by atoms with Gasteiger partial charge in [-0.25, -0.2) is 0 Å². The third-order valence-electron chi connectivity index (χ3n) is 4.68. The lowest BCUT2D eigenvalue weighted by Gasteiger charge is -2.13. The number of carbonyl (C=O) groups excluding carboxylic acids is 1. The van der Waals surface area contributed by atoms with Crippen molar-refractivity contribution in [2.24, 2.45) is 0 Å². The number of hydrogen-bond acceptors (Lipinski definition) is 9. The Morgan fingerprint density at radius 3 is 2.47 bits per heavy atom. The molecule has 0 saturated carbocycles. The van der Waals surface area contributed by atoms with Crippen LogP contribution in [-0.4, -0.2) is 36.5 Å². The highest BCUT2D eigenvalue weighted by Gasteiger charge is 2.18. The molecule has 34 heavy (non-hydrogen) atoms. The number of aromatic nitrogens is 4. The van der Waals surface area contributed by atoms with E-state index in [1.165, 1.54) is 21.5 Å². The molecule has 0 aliphatic carbocycles. The second kappa shape index (κ2) is 11.3. The number of amides is 1. The Morgan fingerprint density at radius 2 is 1.76 bits per heavy atom. The van der Waals surface area contributed by atoms with Gasteiger partial charge in [-0.2, -0.15) is 4.98 Å². The van der Waals surface area contributed by atoms with Gasteiger partial charge < -0.3 is 5.11 Å². The highest BCUT2D eigenvalue weighted by Crippen LogP contribution is 2.29. The van der Waals surface area contributed by atoms with E-state index in [0.717, 1.165) is 21.9 Å². The molecule has 0 spiro atoms. The van der Waals surface area contributed by atoms with Crippen LogP contribution in [0.5, 0.6) is 5.88 Å². The van der Waals surface area contributed by atoms with Crippen molar-refractivity contribution in [2.45, 2.75) is 28.6 Å². The van der Waals surface area contributed by atoms with Crippen LogP contribution in [0.2, 0.25) is 0 Å². The van der Waals surface area contributed by atoms with Gasteiger partial charge >= 0.3 is 0 Å². The van der Waals surface area contributed by atoms with Gasteiger partial charge in [-0.1, -0.05) is 90.3 Å². The van der Waals surface area contributed by atoms with Crippen LogP contribution >= 0.6 is 34.9 Å². The molecule has 0 radical (unpaired) electrons. The van der Waals surface area contributed by atoms with Crippen molar-refractivity contribution < 1.29 is 9.90 Å². The van der Waals surface area contributed by atoms with Gasteiger partial charge in [-0.05, 0) is 24.1 Å². The van der Waals surface area contributed by atoms with Crippen molar-refractivity contribution in [3.63, 3.8) is 0 Å². The maximum atomic E-state index is 13.0. The van der Waals surface area contributed by atoms with Crippen LogP contribution in [0.1, 0.15) is 18.1 Å². The van der Waals surface area contributed by atoms with E-state index in [2.05, 4.69) is 20.5 Å². The van der Waals surface area contributed by atoms with Crippen LogP contribution in [0, 0.1) is 0 Å². The van der Waals surface area contributed by atoms with Crippen LogP contribution in [-0.2, 0) is 17.0 Å². The molecule has 0 atom stereocenters. The van der Waals surface area contributed by atoms with Gasteiger partial charge in [0.25, 0.3) is 5.56 Å². The monoisotopic (exact) mass is 511 g/mol. The number of thioether (sulfide) groups is 2. The molecule has 0 bridgehead atoms. The minimum atomic E-state index is -0.353. The second-order valence-corrected chi connectivity index (χ2v) is 10.2. The summed E-state index contributed by atoms with van der Waals surface area (Å²) in [6, 6.07) is 19.1. The number of aromatic hydroxyl groups is 1. The van der Waals surface area contributed by atoms with Crippen LogP contribution in [0.4, 0.5) is 5.13 Å². The second-order valence-electron chi connectivity index (χ2n) is 7.01. The molecule has 0 saturated heterocycles. The van der Waals surface area contributed by atoms with Gasteiger partial charge in [0.1, 0.15) is 0 Å². The SMILES string of the molecule is CCc1c(O)nc(SCC(=O)Nc2nnc(SCc3ccccc3)s2)n(-c2ccccc2)c1=O. The molecular formula is C23H21N5O3S3. The lowest BCUT2D eigenvalue weighted by Crippen LogP contribution is -2.25. The van der Waals surface area contributed by atoms with Crippen molar-refractivity contribution in [2.75, 3.05) is 11.1 Å². The van der Waals surface area contributed by atoms with Crippen molar-refractivity contribution in [3.8, 4) is 11.6 Å². The number of rotatable bonds is 9. The molecule has 2 aromatic carbocycles. The summed E-state index contributed by atoms with van der Waals surface area (Å²) >= 11 is 3.91. The van der Waals surface area contributed by atoms with Crippen molar-refractivity contribution in [3.05, 3.63) is 82.1 Å². The zero-order valence-corrected chi connectivity index (χ0v) is 20.6. The third-order valence-corrected chi connectivity index (χ3v) is 7.66. The molecule has 0 fully saturated rings. The van der Waals surface area contributed by atoms with Gasteiger partial charge in [0, 0.05) is 5.75 Å². The number of hydrogen-bond donors (Lipinski definition) is 2. The maximum absolute atomic E-state index is 13.0. The van der Waals surface area contributed by atoms with E-state index in [1.54, 1.807) is 30.8 Å². The molecule has 11 heteroatoms. The maximum Gasteiger partial charge on any atom is 0.265 e. The standard InChI is InChI=1S/C23H21N5O3S3/c1-2-17-19(30)25-22(28(20(17)31)16-11-7-4-8-12-16)32-14-18(29)24-21-26-27-23(34-21)33-13-15-9-5-3-6-10-15/h3-12,30H,2,13-14H2,1H3,(H,24,26,29). The average Bonchev–Trinajstić information content (AvgIpc) is 3.30. The lowest BCUT2D eigenvalue weighted by molar-refractivity contribution is -0.113. The largest absolute Gasteiger partial charge is 0.493 e. The van der Waals surface area contributed by atoms with Crippen LogP contribution in [0.25, 0.3) is 5.69 Å². The normalized spacial score (nSPS) is 10.9. The van der Waals surface area contributed by atoms with E-state index in [-0.39, 0.29) is 33.8 Å². The minimum absolute atomic E-state index is 0.0176. The summed E-state index contributed by atoms with van der Waals surface area (Å²) in [6.45, 7) is 1.78. The van der Waals surface area contributed by atoms with E-state index in [0.29, 0.717) is 17.2 Å². The number of nitrogens with zero attached hydrogens (tertiary/aromatic N) is 4. The molecule has 2 heterocycles. The van der Waals surface area contributed by atoms with Gasteiger partial charge in [-0.3, -0.25) is 19.5 Å². The first-order chi connectivity index (χ1) is 16.5. The summed E-state index contributed by atoms with van der Waals surface area (Å²) in [5.41, 5.74) is 1.67. The number of para-hydroxylation sites is 1. The van der Waals surface area contributed by atoms with Crippen molar-refractivity contribution in [1.82, 2.24) is 19.7 Å².